The Labute approximate surface area is 115 Å². The van der Waals surface area contributed by atoms with Crippen LogP contribution in [0.3, 0.4) is 0 Å². The average molecular weight is 268 g/mol. The van der Waals surface area contributed by atoms with E-state index >= 15 is 0 Å². The number of nitrogens with one attached hydrogen (secondary N) is 1. The summed E-state index contributed by atoms with van der Waals surface area (Å²) in [6.07, 6.45) is 6.00. The first kappa shape index (κ1) is 15.1. The molecule has 0 aromatic carbocycles. The van der Waals surface area contributed by atoms with Gasteiger partial charge in [-0.1, -0.05) is 13.8 Å². The third-order valence-corrected chi connectivity index (χ3v) is 3.67. The van der Waals surface area contributed by atoms with Crippen LogP contribution in [0, 0.1) is 0 Å². The normalized spacial score (nSPS) is 12.2. The van der Waals surface area contributed by atoms with Crippen LogP contribution in [0.15, 0.2) is 12.4 Å². The van der Waals surface area contributed by atoms with Crippen LogP contribution >= 0.6 is 11.8 Å². The zero-order valence-corrected chi connectivity index (χ0v) is 12.6. The molecule has 5 heteroatoms. The molecule has 0 fully saturated rings. The highest BCUT2D eigenvalue weighted by molar-refractivity contribution is 7.98. The minimum absolute atomic E-state index is 0.522. The van der Waals surface area contributed by atoms with Gasteiger partial charge in [-0.2, -0.15) is 11.8 Å². The van der Waals surface area contributed by atoms with E-state index in [2.05, 4.69) is 47.3 Å². The molecule has 1 atom stereocenters. The van der Waals surface area contributed by atoms with Crippen LogP contribution < -0.4 is 10.2 Å². The molecule has 1 heterocycles. The third kappa shape index (κ3) is 4.37. The van der Waals surface area contributed by atoms with E-state index in [1.165, 1.54) is 0 Å². The molecule has 0 spiro atoms. The Kier molecular flexibility index (Phi) is 6.86. The first-order chi connectivity index (χ1) is 8.72. The van der Waals surface area contributed by atoms with Crippen molar-refractivity contribution in [1.82, 2.24) is 9.97 Å². The lowest BCUT2D eigenvalue weighted by Gasteiger charge is -2.27. The summed E-state index contributed by atoms with van der Waals surface area (Å²) in [5.41, 5.74) is 0. The Morgan fingerprint density at radius 3 is 2.78 bits per heavy atom. The van der Waals surface area contributed by atoms with E-state index in [1.807, 2.05) is 17.8 Å². The van der Waals surface area contributed by atoms with Gasteiger partial charge in [-0.25, -0.2) is 9.97 Å². The smallest absolute Gasteiger partial charge is 0.134 e. The summed E-state index contributed by atoms with van der Waals surface area (Å²) in [4.78, 5) is 10.8. The Hall–Kier alpha value is -0.970. The quantitative estimate of drug-likeness (QED) is 0.785. The fraction of sp³-hybridized carbons (Fsp3) is 0.692. The SMILES string of the molecule is CCCNc1cc(N(C)C(CC)CSC)ncn1. The highest BCUT2D eigenvalue weighted by atomic mass is 32.2. The maximum absolute atomic E-state index is 4.36. The molecule has 1 aromatic heterocycles. The van der Waals surface area contributed by atoms with Crippen LogP contribution in [0.4, 0.5) is 11.6 Å². The summed E-state index contributed by atoms with van der Waals surface area (Å²) in [7, 11) is 2.11. The van der Waals surface area contributed by atoms with Crippen LogP contribution in [0.1, 0.15) is 26.7 Å². The fourth-order valence-electron chi connectivity index (χ4n) is 1.77. The van der Waals surface area contributed by atoms with Gasteiger partial charge in [0, 0.05) is 31.5 Å². The van der Waals surface area contributed by atoms with E-state index in [4.69, 9.17) is 0 Å². The van der Waals surface area contributed by atoms with Crippen LogP contribution in [-0.4, -0.2) is 41.6 Å². The molecular formula is C13H24N4S. The summed E-state index contributed by atoms with van der Waals surface area (Å²) in [5.74, 6) is 3.02. The van der Waals surface area contributed by atoms with E-state index in [9.17, 15) is 0 Å². The van der Waals surface area contributed by atoms with Gasteiger partial charge < -0.3 is 10.2 Å². The molecule has 0 saturated heterocycles. The van der Waals surface area contributed by atoms with Crippen molar-refractivity contribution in [2.45, 2.75) is 32.7 Å². The molecule has 0 bridgehead atoms. The van der Waals surface area contributed by atoms with Crippen LogP contribution in [0.25, 0.3) is 0 Å². The summed E-state index contributed by atoms with van der Waals surface area (Å²) < 4.78 is 0. The van der Waals surface area contributed by atoms with Crippen molar-refractivity contribution in [1.29, 1.82) is 0 Å². The van der Waals surface area contributed by atoms with E-state index in [0.29, 0.717) is 6.04 Å². The minimum Gasteiger partial charge on any atom is -0.370 e. The maximum atomic E-state index is 4.36. The van der Waals surface area contributed by atoms with Gasteiger partial charge in [0.05, 0.1) is 0 Å². The zero-order chi connectivity index (χ0) is 13.4. The number of thioether (sulfide) groups is 1. The summed E-state index contributed by atoms with van der Waals surface area (Å²) >= 11 is 1.87. The second kappa shape index (κ2) is 8.19. The molecule has 0 aliphatic rings. The Morgan fingerprint density at radius 1 is 1.39 bits per heavy atom. The lowest BCUT2D eigenvalue weighted by molar-refractivity contribution is 0.665. The van der Waals surface area contributed by atoms with Gasteiger partial charge in [-0.05, 0) is 19.1 Å². The monoisotopic (exact) mass is 268 g/mol. The number of aromatic nitrogens is 2. The van der Waals surface area contributed by atoms with Crippen molar-refractivity contribution < 1.29 is 0 Å². The predicted molar refractivity (Wildman–Crippen MR) is 81.7 cm³/mol. The van der Waals surface area contributed by atoms with E-state index < -0.39 is 0 Å². The molecule has 1 N–H and O–H groups in total. The lowest BCUT2D eigenvalue weighted by atomic mass is 10.2. The molecule has 4 nitrogen and oxygen atoms in total. The molecule has 0 saturated carbocycles. The first-order valence-corrected chi connectivity index (χ1v) is 7.90. The van der Waals surface area contributed by atoms with Gasteiger partial charge in [0.25, 0.3) is 0 Å². The number of hydrogen-bond acceptors (Lipinski definition) is 5. The predicted octanol–water partition coefficient (Wildman–Crippen LogP) is 2.88. The van der Waals surface area contributed by atoms with Crippen LogP contribution in [0.5, 0.6) is 0 Å². The van der Waals surface area contributed by atoms with Gasteiger partial charge >= 0.3 is 0 Å². The van der Waals surface area contributed by atoms with Gasteiger partial charge in [0.2, 0.25) is 0 Å². The van der Waals surface area contributed by atoms with Gasteiger partial charge in [-0.15, -0.1) is 0 Å². The lowest BCUT2D eigenvalue weighted by Crippen LogP contribution is -2.33. The van der Waals surface area contributed by atoms with Crippen LogP contribution in [-0.2, 0) is 0 Å². The van der Waals surface area contributed by atoms with Crippen molar-refractivity contribution in [2.75, 3.05) is 35.8 Å². The highest BCUT2D eigenvalue weighted by Gasteiger charge is 2.14. The Bertz CT molecular complexity index is 346. The number of anilines is 2. The van der Waals surface area contributed by atoms with Crippen molar-refractivity contribution in [3.05, 3.63) is 12.4 Å². The molecule has 0 aliphatic heterocycles. The topological polar surface area (TPSA) is 41.0 Å². The first-order valence-electron chi connectivity index (χ1n) is 6.50. The molecule has 1 unspecified atom stereocenters. The van der Waals surface area contributed by atoms with E-state index in [1.54, 1.807) is 6.33 Å². The molecule has 18 heavy (non-hydrogen) atoms. The van der Waals surface area contributed by atoms with E-state index in [-0.39, 0.29) is 0 Å². The summed E-state index contributed by atoms with van der Waals surface area (Å²) in [6.45, 7) is 5.31. The molecule has 1 aromatic rings. The van der Waals surface area contributed by atoms with Gasteiger partial charge in [-0.3, -0.25) is 0 Å². The summed E-state index contributed by atoms with van der Waals surface area (Å²) in [6, 6.07) is 2.55. The van der Waals surface area contributed by atoms with Crippen LogP contribution in [0.2, 0.25) is 0 Å². The van der Waals surface area contributed by atoms with Crippen molar-refractivity contribution in [3.8, 4) is 0 Å². The maximum Gasteiger partial charge on any atom is 0.134 e. The standard InChI is InChI=1S/C13H24N4S/c1-5-7-14-12-8-13(16-10-15-12)17(3)11(6-2)9-18-4/h8,10-11H,5-7,9H2,1-4H3,(H,14,15,16). The minimum atomic E-state index is 0.522. The second-order valence-electron chi connectivity index (χ2n) is 4.32. The van der Waals surface area contributed by atoms with E-state index in [0.717, 1.165) is 36.8 Å². The molecule has 0 aliphatic carbocycles. The molecule has 0 radical (unpaired) electrons. The van der Waals surface area contributed by atoms with Crippen molar-refractivity contribution in [3.63, 3.8) is 0 Å². The molecule has 0 amide bonds. The number of rotatable bonds is 8. The molecular weight excluding hydrogens is 244 g/mol. The third-order valence-electron chi connectivity index (χ3n) is 2.95. The summed E-state index contributed by atoms with van der Waals surface area (Å²) in [5, 5.41) is 3.30. The molecule has 1 rings (SSSR count). The van der Waals surface area contributed by atoms with Gasteiger partial charge in [0.1, 0.15) is 18.0 Å². The Morgan fingerprint density at radius 2 is 2.17 bits per heavy atom. The fourth-order valence-corrected chi connectivity index (χ4v) is 2.62. The molecule has 102 valence electrons. The Balaban J connectivity index is 2.74. The number of nitrogens with zero attached hydrogens (tertiary/aromatic N) is 3. The van der Waals surface area contributed by atoms with Crippen molar-refractivity contribution in [2.24, 2.45) is 0 Å². The zero-order valence-electron chi connectivity index (χ0n) is 11.8. The highest BCUT2D eigenvalue weighted by Crippen LogP contribution is 2.18. The van der Waals surface area contributed by atoms with Crippen molar-refractivity contribution >= 4 is 23.4 Å². The number of hydrogen-bond donors (Lipinski definition) is 1. The average Bonchev–Trinajstić information content (AvgIpc) is 2.42. The second-order valence-corrected chi connectivity index (χ2v) is 5.23. The largest absolute Gasteiger partial charge is 0.370 e. The van der Waals surface area contributed by atoms with Gasteiger partial charge in [0.15, 0.2) is 0 Å².